The van der Waals surface area contributed by atoms with E-state index in [1.54, 1.807) is 39.0 Å². The smallest absolute Gasteiger partial charge is 0.357 e. The van der Waals surface area contributed by atoms with E-state index < -0.39 is 18.9 Å². The van der Waals surface area contributed by atoms with Crippen molar-refractivity contribution in [1.82, 2.24) is 4.67 Å². The van der Waals surface area contributed by atoms with Crippen molar-refractivity contribution in [3.05, 3.63) is 27.7 Å². The lowest BCUT2D eigenvalue weighted by molar-refractivity contribution is -0.151. The van der Waals surface area contributed by atoms with Crippen LogP contribution in [0.5, 0.6) is 0 Å². The first-order valence-electron chi connectivity index (χ1n) is 9.07. The second kappa shape index (κ2) is 12.2. The Morgan fingerprint density at radius 2 is 2.07 bits per heavy atom. The van der Waals surface area contributed by atoms with Crippen LogP contribution < -0.4 is 0 Å². The van der Waals surface area contributed by atoms with Crippen LogP contribution in [0.3, 0.4) is 0 Å². The van der Waals surface area contributed by atoms with Crippen LogP contribution in [0, 0.1) is 0 Å². The van der Waals surface area contributed by atoms with Crippen LogP contribution in [0.15, 0.2) is 27.7 Å². The first-order chi connectivity index (χ1) is 13.2. The molecular formula is C18H27BrClN2O4PS. The minimum atomic E-state index is -3.42. The molecular weight excluding hydrogens is 487 g/mol. The van der Waals surface area contributed by atoms with Crippen molar-refractivity contribution in [2.75, 3.05) is 6.61 Å². The molecule has 0 fully saturated rings. The summed E-state index contributed by atoms with van der Waals surface area (Å²) in [5.41, 5.74) is 0.500. The van der Waals surface area contributed by atoms with Gasteiger partial charge in [-0.05, 0) is 49.8 Å². The first-order valence-corrected chi connectivity index (χ1v) is 13.3. The van der Waals surface area contributed by atoms with Crippen LogP contribution in [-0.4, -0.2) is 35.1 Å². The summed E-state index contributed by atoms with van der Waals surface area (Å²) in [5, 5.41) is 0.517. The third-order valence-corrected chi connectivity index (χ3v) is 9.75. The van der Waals surface area contributed by atoms with Gasteiger partial charge in [-0.2, -0.15) is 0 Å². The van der Waals surface area contributed by atoms with Gasteiger partial charge in [-0.3, -0.25) is 9.36 Å². The van der Waals surface area contributed by atoms with E-state index in [1.807, 2.05) is 13.8 Å². The van der Waals surface area contributed by atoms with E-state index in [9.17, 15) is 9.36 Å². The fourth-order valence-electron chi connectivity index (χ4n) is 2.01. The number of carbonyl (C=O) groups is 1. The fraction of sp³-hybridized carbons (Fsp3) is 0.556. The lowest BCUT2D eigenvalue weighted by Crippen LogP contribution is -2.33. The molecule has 0 spiro atoms. The average Bonchev–Trinajstić information content (AvgIpc) is 2.63. The Labute approximate surface area is 184 Å². The van der Waals surface area contributed by atoms with Gasteiger partial charge in [0.15, 0.2) is 6.23 Å². The first kappa shape index (κ1) is 25.5. The molecule has 0 saturated carbocycles. The highest BCUT2D eigenvalue weighted by molar-refractivity contribution is 9.10. The second-order valence-corrected chi connectivity index (χ2v) is 11.9. The number of esters is 1. The van der Waals surface area contributed by atoms with E-state index in [1.165, 1.54) is 22.4 Å². The maximum Gasteiger partial charge on any atom is 0.357 e. The van der Waals surface area contributed by atoms with Gasteiger partial charge in [0.1, 0.15) is 6.34 Å². The Hall–Kier alpha value is -0.530. The van der Waals surface area contributed by atoms with E-state index in [2.05, 4.69) is 20.9 Å². The Bertz CT molecular complexity index is 738. The minimum Gasteiger partial charge on any atom is -0.441 e. The number of hydrogen-bond donors (Lipinski definition) is 0. The molecule has 0 aromatic heterocycles. The van der Waals surface area contributed by atoms with Gasteiger partial charge in [0.2, 0.25) is 0 Å². The standard InChI is InChI=1S/C18H27BrClN2O4PS/c1-6-13(4)28-27(24,25-8-3)22(14(5)26-18(23)7-2)12-21-17-10-9-15(19)11-16(17)20/h9-14H,6-8H2,1-5H3. The minimum absolute atomic E-state index is 0.0821. The molecule has 0 radical (unpaired) electrons. The van der Waals surface area contributed by atoms with Crippen molar-refractivity contribution in [3.8, 4) is 0 Å². The third-order valence-electron chi connectivity index (χ3n) is 3.65. The zero-order valence-corrected chi connectivity index (χ0v) is 20.8. The third kappa shape index (κ3) is 7.71. The molecule has 28 heavy (non-hydrogen) atoms. The molecule has 0 heterocycles. The van der Waals surface area contributed by atoms with Gasteiger partial charge < -0.3 is 9.26 Å². The van der Waals surface area contributed by atoms with E-state index in [0.717, 1.165) is 10.9 Å². The summed E-state index contributed by atoms with van der Waals surface area (Å²) in [5.74, 6) is -0.399. The zero-order valence-electron chi connectivity index (χ0n) is 16.7. The molecule has 3 unspecified atom stereocenters. The lowest BCUT2D eigenvalue weighted by Gasteiger charge is -2.33. The van der Waals surface area contributed by atoms with Gasteiger partial charge in [-0.1, -0.05) is 48.3 Å². The molecule has 0 aliphatic carbocycles. The van der Waals surface area contributed by atoms with E-state index in [4.69, 9.17) is 20.9 Å². The van der Waals surface area contributed by atoms with Gasteiger partial charge in [0, 0.05) is 16.1 Å². The second-order valence-electron chi connectivity index (χ2n) is 5.87. The molecule has 1 aromatic rings. The predicted octanol–water partition coefficient (Wildman–Crippen LogP) is 7.04. The summed E-state index contributed by atoms with van der Waals surface area (Å²) < 4.78 is 27.0. The number of rotatable bonds is 11. The maximum atomic E-state index is 13.7. The van der Waals surface area contributed by atoms with E-state index in [-0.39, 0.29) is 18.3 Å². The highest BCUT2D eigenvalue weighted by Gasteiger charge is 2.37. The Balaban J connectivity index is 3.30. The Morgan fingerprint density at radius 3 is 2.61 bits per heavy atom. The highest BCUT2D eigenvalue weighted by atomic mass is 79.9. The quantitative estimate of drug-likeness (QED) is 0.104. The predicted molar refractivity (Wildman–Crippen MR) is 122 cm³/mol. The van der Waals surface area contributed by atoms with Crippen LogP contribution in [-0.2, 0) is 18.6 Å². The maximum absolute atomic E-state index is 13.7. The van der Waals surface area contributed by atoms with Gasteiger partial charge >= 0.3 is 12.7 Å². The van der Waals surface area contributed by atoms with Crippen LogP contribution >= 0.6 is 45.6 Å². The average molecular weight is 514 g/mol. The number of nitrogens with zero attached hydrogens (tertiary/aromatic N) is 2. The van der Waals surface area contributed by atoms with Crippen molar-refractivity contribution in [3.63, 3.8) is 0 Å². The molecule has 0 saturated heterocycles. The lowest BCUT2D eigenvalue weighted by atomic mass is 10.3. The normalized spacial score (nSPS) is 15.8. The van der Waals surface area contributed by atoms with Crippen molar-refractivity contribution in [1.29, 1.82) is 0 Å². The molecule has 3 atom stereocenters. The topological polar surface area (TPSA) is 68.2 Å². The van der Waals surface area contributed by atoms with Gasteiger partial charge in [-0.15, -0.1) is 0 Å². The van der Waals surface area contributed by atoms with Crippen molar-refractivity contribution >= 4 is 63.6 Å². The number of halogens is 2. The number of hydrogen-bond acceptors (Lipinski definition) is 6. The zero-order chi connectivity index (χ0) is 21.3. The van der Waals surface area contributed by atoms with Gasteiger partial charge in [0.25, 0.3) is 0 Å². The molecule has 0 bridgehead atoms. The van der Waals surface area contributed by atoms with Crippen LogP contribution in [0.4, 0.5) is 5.69 Å². The molecule has 0 aliphatic rings. The van der Waals surface area contributed by atoms with Gasteiger partial charge in [-0.25, -0.2) is 9.66 Å². The molecule has 1 rings (SSSR count). The van der Waals surface area contributed by atoms with E-state index >= 15 is 0 Å². The molecule has 6 nitrogen and oxygen atoms in total. The number of aliphatic imine (C=N–C) groups is 1. The Kier molecular flexibility index (Phi) is 11.1. The van der Waals surface area contributed by atoms with Crippen LogP contribution in [0.25, 0.3) is 0 Å². The monoisotopic (exact) mass is 512 g/mol. The summed E-state index contributed by atoms with van der Waals surface area (Å²) >= 11 is 10.8. The van der Waals surface area contributed by atoms with Crippen LogP contribution in [0.1, 0.15) is 47.5 Å². The number of benzene rings is 1. The summed E-state index contributed by atoms with van der Waals surface area (Å²) in [4.78, 5) is 16.2. The summed E-state index contributed by atoms with van der Waals surface area (Å²) in [7, 11) is 0. The van der Waals surface area contributed by atoms with Crippen molar-refractivity contribution in [2.24, 2.45) is 4.99 Å². The Morgan fingerprint density at radius 1 is 1.39 bits per heavy atom. The van der Waals surface area contributed by atoms with E-state index in [0.29, 0.717) is 10.7 Å². The molecule has 1 aromatic carbocycles. The van der Waals surface area contributed by atoms with Crippen molar-refractivity contribution < 1.29 is 18.6 Å². The highest BCUT2D eigenvalue weighted by Crippen LogP contribution is 2.64. The SMILES string of the molecule is CCOP(=O)(SC(C)CC)N(C=Nc1ccc(Br)cc1Cl)C(C)OC(=O)CC. The van der Waals surface area contributed by atoms with Crippen molar-refractivity contribution in [2.45, 2.75) is 58.9 Å². The molecule has 0 aliphatic heterocycles. The van der Waals surface area contributed by atoms with Crippen LogP contribution in [0.2, 0.25) is 5.02 Å². The summed E-state index contributed by atoms with van der Waals surface area (Å²) in [6, 6.07) is 5.26. The summed E-state index contributed by atoms with van der Waals surface area (Å²) in [6.07, 6.45) is 1.59. The molecule has 0 amide bonds. The molecule has 158 valence electrons. The fourth-order valence-corrected chi connectivity index (χ4v) is 7.75. The summed E-state index contributed by atoms with van der Waals surface area (Å²) in [6.45, 7) is 5.93. The molecule has 0 N–H and O–H groups in total. The number of carbonyl (C=O) groups excluding carboxylic acids is 1. The van der Waals surface area contributed by atoms with Gasteiger partial charge in [0.05, 0.1) is 17.3 Å². The number of ether oxygens (including phenoxy) is 1. The largest absolute Gasteiger partial charge is 0.441 e. The molecule has 10 heteroatoms.